The summed E-state index contributed by atoms with van der Waals surface area (Å²) in [5, 5.41) is 2.26. The van der Waals surface area contributed by atoms with Gasteiger partial charge in [0.1, 0.15) is 12.6 Å². The van der Waals surface area contributed by atoms with E-state index in [4.69, 9.17) is 10.5 Å². The SMILES string of the molecule is Cl.N[C@@H](CCc1ccccc1)C(=O)N[C@@H](COC(F)F)C(=O)C[C@@H](COC(F)F)C(=O)OCc1ccccc1. The Kier molecular flexibility index (Phi) is 15.9. The van der Waals surface area contributed by atoms with Crippen LogP contribution in [0.15, 0.2) is 60.7 Å². The molecule has 0 aliphatic heterocycles. The van der Waals surface area contributed by atoms with Gasteiger partial charge in [0.15, 0.2) is 5.78 Å². The topological polar surface area (TPSA) is 117 Å². The summed E-state index contributed by atoms with van der Waals surface area (Å²) >= 11 is 0. The maximum atomic E-state index is 12.9. The van der Waals surface area contributed by atoms with Gasteiger partial charge in [-0.15, -0.1) is 12.4 Å². The van der Waals surface area contributed by atoms with Gasteiger partial charge >= 0.3 is 19.2 Å². The highest BCUT2D eigenvalue weighted by Gasteiger charge is 2.31. The van der Waals surface area contributed by atoms with Crippen LogP contribution in [0.4, 0.5) is 17.6 Å². The van der Waals surface area contributed by atoms with Gasteiger partial charge in [-0.3, -0.25) is 14.4 Å². The lowest BCUT2D eigenvalue weighted by molar-refractivity contribution is -0.167. The number of nitrogens with one attached hydrogen (secondary N) is 1. The number of benzene rings is 2. The van der Waals surface area contributed by atoms with Crippen LogP contribution in [0.25, 0.3) is 0 Å². The first-order valence-electron chi connectivity index (χ1n) is 11.8. The lowest BCUT2D eigenvalue weighted by Crippen LogP contribution is -2.51. The lowest BCUT2D eigenvalue weighted by atomic mass is 9.98. The first kappa shape index (κ1) is 34.0. The number of carbonyl (C=O) groups is 3. The number of carbonyl (C=O) groups excluding carboxylic acids is 3. The average Bonchev–Trinajstić information content (AvgIpc) is 2.91. The second kappa shape index (κ2) is 18.3. The van der Waals surface area contributed by atoms with Crippen LogP contribution in [0, 0.1) is 5.92 Å². The van der Waals surface area contributed by atoms with Crippen LogP contribution >= 0.6 is 12.4 Å². The third-order valence-electron chi connectivity index (χ3n) is 5.45. The molecule has 13 heteroatoms. The van der Waals surface area contributed by atoms with E-state index in [1.54, 1.807) is 30.3 Å². The molecule has 2 rings (SSSR count). The van der Waals surface area contributed by atoms with E-state index >= 15 is 0 Å². The number of ketones is 1. The molecule has 0 unspecified atom stereocenters. The number of halogens is 5. The van der Waals surface area contributed by atoms with Gasteiger partial charge in [-0.05, 0) is 24.0 Å². The van der Waals surface area contributed by atoms with Gasteiger partial charge in [0.05, 0.1) is 25.2 Å². The van der Waals surface area contributed by atoms with E-state index in [9.17, 15) is 31.9 Å². The Labute approximate surface area is 229 Å². The number of Topliss-reactive ketones (excluding diaryl/α,β-unsaturated/α-hetero) is 1. The standard InChI is InChI=1S/C26H30F4N2O6.ClH/c27-25(28)37-15-19(24(35)36-14-18-9-5-2-6-10-18)13-22(33)21(16-38-26(29)30)32-23(34)20(31)12-11-17-7-3-1-4-8-17;/h1-10,19-21,25-26H,11-16,31H2,(H,32,34);1H/t19-,20-,21-;/m0./s1. The van der Waals surface area contributed by atoms with Crippen molar-refractivity contribution in [1.29, 1.82) is 0 Å². The predicted octanol–water partition coefficient (Wildman–Crippen LogP) is 3.65. The molecular formula is C26H31ClF4N2O6. The van der Waals surface area contributed by atoms with Gasteiger partial charge in [0.2, 0.25) is 5.91 Å². The summed E-state index contributed by atoms with van der Waals surface area (Å²) in [6, 6.07) is 14.9. The highest BCUT2D eigenvalue weighted by Crippen LogP contribution is 2.14. The quantitative estimate of drug-likeness (QED) is 0.217. The molecule has 0 radical (unpaired) electrons. The molecule has 0 aliphatic rings. The van der Waals surface area contributed by atoms with Gasteiger partial charge < -0.3 is 25.3 Å². The summed E-state index contributed by atoms with van der Waals surface area (Å²) in [6.45, 7) is -8.46. The largest absolute Gasteiger partial charge is 0.461 e. The molecule has 8 nitrogen and oxygen atoms in total. The summed E-state index contributed by atoms with van der Waals surface area (Å²) in [5.41, 5.74) is 7.43. The lowest BCUT2D eigenvalue weighted by Gasteiger charge is -2.22. The van der Waals surface area contributed by atoms with E-state index in [1.165, 1.54) is 0 Å². The highest BCUT2D eigenvalue weighted by atomic mass is 35.5. The molecule has 0 aliphatic carbocycles. The summed E-state index contributed by atoms with van der Waals surface area (Å²) in [4.78, 5) is 38.0. The van der Waals surface area contributed by atoms with Crippen molar-refractivity contribution in [3.63, 3.8) is 0 Å². The van der Waals surface area contributed by atoms with Crippen LogP contribution in [0.1, 0.15) is 24.0 Å². The Morgan fingerprint density at radius 3 is 1.92 bits per heavy atom. The van der Waals surface area contributed by atoms with E-state index in [0.717, 1.165) is 5.56 Å². The third kappa shape index (κ3) is 13.5. The molecule has 0 bridgehead atoms. The third-order valence-corrected chi connectivity index (χ3v) is 5.45. The second-order valence-corrected chi connectivity index (χ2v) is 8.34. The van der Waals surface area contributed by atoms with Crippen LogP contribution in [0.2, 0.25) is 0 Å². The van der Waals surface area contributed by atoms with Gasteiger partial charge in [0.25, 0.3) is 0 Å². The zero-order chi connectivity index (χ0) is 27.9. The molecule has 0 aromatic heterocycles. The minimum Gasteiger partial charge on any atom is -0.461 e. The summed E-state index contributed by atoms with van der Waals surface area (Å²) in [6.07, 6.45) is -0.0951. The number of hydrogen-bond donors (Lipinski definition) is 2. The van der Waals surface area contributed by atoms with Crippen molar-refractivity contribution >= 4 is 30.1 Å². The molecule has 0 fully saturated rings. The number of nitrogens with two attached hydrogens (primary N) is 1. The van der Waals surface area contributed by atoms with E-state index in [-0.39, 0.29) is 25.4 Å². The Morgan fingerprint density at radius 1 is 0.821 bits per heavy atom. The van der Waals surface area contributed by atoms with Crippen LogP contribution in [-0.4, -0.2) is 56.2 Å². The molecule has 0 saturated carbocycles. The summed E-state index contributed by atoms with van der Waals surface area (Å²) < 4.78 is 64.2. The minimum absolute atomic E-state index is 0. The van der Waals surface area contributed by atoms with E-state index in [1.807, 2.05) is 30.3 Å². The Bertz CT molecular complexity index is 1000. The number of hydrogen-bond acceptors (Lipinski definition) is 7. The van der Waals surface area contributed by atoms with Crippen LogP contribution in [0.3, 0.4) is 0 Å². The average molecular weight is 579 g/mol. The van der Waals surface area contributed by atoms with Gasteiger partial charge in [-0.1, -0.05) is 60.7 Å². The summed E-state index contributed by atoms with van der Waals surface area (Å²) in [7, 11) is 0. The fourth-order valence-corrected chi connectivity index (χ4v) is 3.39. The van der Waals surface area contributed by atoms with Crippen molar-refractivity contribution in [3.05, 3.63) is 71.8 Å². The molecule has 2 aromatic rings. The van der Waals surface area contributed by atoms with Crippen molar-refractivity contribution in [3.8, 4) is 0 Å². The molecule has 39 heavy (non-hydrogen) atoms. The fraction of sp³-hybridized carbons (Fsp3) is 0.423. The normalized spacial score (nSPS) is 13.3. The molecule has 2 aromatic carbocycles. The van der Waals surface area contributed by atoms with Gasteiger partial charge in [-0.2, -0.15) is 17.6 Å². The number of aryl methyl sites for hydroxylation is 1. The molecule has 216 valence electrons. The minimum atomic E-state index is -3.25. The van der Waals surface area contributed by atoms with Gasteiger partial charge in [0, 0.05) is 6.42 Å². The second-order valence-electron chi connectivity index (χ2n) is 8.34. The number of amides is 1. The van der Waals surface area contributed by atoms with Crippen molar-refractivity contribution < 1.29 is 46.2 Å². The first-order valence-corrected chi connectivity index (χ1v) is 11.8. The zero-order valence-electron chi connectivity index (χ0n) is 20.8. The number of esters is 1. The maximum Gasteiger partial charge on any atom is 0.345 e. The van der Waals surface area contributed by atoms with Crippen molar-refractivity contribution in [2.24, 2.45) is 11.7 Å². The van der Waals surface area contributed by atoms with Crippen molar-refractivity contribution in [2.45, 2.75) is 51.2 Å². The first-order chi connectivity index (χ1) is 18.2. The Hall–Kier alpha value is -3.06. The zero-order valence-corrected chi connectivity index (χ0v) is 21.7. The van der Waals surface area contributed by atoms with Gasteiger partial charge in [-0.25, -0.2) is 0 Å². The molecule has 0 spiro atoms. The highest BCUT2D eigenvalue weighted by molar-refractivity contribution is 5.93. The number of ether oxygens (including phenoxy) is 3. The van der Waals surface area contributed by atoms with Crippen LogP contribution in [0.5, 0.6) is 0 Å². The Morgan fingerprint density at radius 2 is 1.36 bits per heavy atom. The van der Waals surface area contributed by atoms with Crippen molar-refractivity contribution in [2.75, 3.05) is 13.2 Å². The van der Waals surface area contributed by atoms with Crippen LogP contribution < -0.4 is 11.1 Å². The molecule has 0 saturated heterocycles. The maximum absolute atomic E-state index is 12.9. The predicted molar refractivity (Wildman–Crippen MR) is 135 cm³/mol. The van der Waals surface area contributed by atoms with Crippen LogP contribution in [-0.2, 0) is 41.6 Å². The Balaban J connectivity index is 0.00000760. The molecule has 1 amide bonds. The van der Waals surface area contributed by atoms with E-state index in [0.29, 0.717) is 12.0 Å². The smallest absolute Gasteiger partial charge is 0.345 e. The van der Waals surface area contributed by atoms with Crippen molar-refractivity contribution in [1.82, 2.24) is 5.32 Å². The molecule has 3 atom stereocenters. The summed E-state index contributed by atoms with van der Waals surface area (Å²) in [5.74, 6) is -4.22. The number of alkyl halides is 4. The fourth-order valence-electron chi connectivity index (χ4n) is 3.39. The number of rotatable bonds is 17. The molecule has 3 N–H and O–H groups in total. The monoisotopic (exact) mass is 578 g/mol. The molecular weight excluding hydrogens is 548 g/mol. The molecule has 0 heterocycles. The van der Waals surface area contributed by atoms with E-state index < -0.39 is 68.5 Å². The van der Waals surface area contributed by atoms with E-state index in [2.05, 4.69) is 14.8 Å².